The van der Waals surface area contributed by atoms with Crippen molar-refractivity contribution in [3.05, 3.63) is 60.1 Å². The van der Waals surface area contributed by atoms with Crippen molar-refractivity contribution < 1.29 is 9.47 Å². The number of aliphatic imine (C=N–C) groups is 1. The van der Waals surface area contributed by atoms with Gasteiger partial charge in [0.1, 0.15) is 0 Å². The predicted molar refractivity (Wildman–Crippen MR) is 134 cm³/mol. The van der Waals surface area contributed by atoms with Gasteiger partial charge in [0.05, 0.1) is 38.1 Å². The highest BCUT2D eigenvalue weighted by Gasteiger charge is 2.34. The molecule has 1 aliphatic carbocycles. The van der Waals surface area contributed by atoms with Crippen LogP contribution < -0.4 is 15.4 Å². The maximum atomic E-state index is 5.19. The fourth-order valence-corrected chi connectivity index (χ4v) is 3.61. The monoisotopic (exact) mass is 449 g/mol. The highest BCUT2D eigenvalue weighted by Crippen LogP contribution is 2.42. The molecule has 0 aliphatic heterocycles. The zero-order valence-electron chi connectivity index (χ0n) is 20.5. The molecule has 1 saturated carbocycles. The molecule has 2 N–H and O–H groups in total. The van der Waals surface area contributed by atoms with Gasteiger partial charge in [0.2, 0.25) is 5.88 Å². The number of ether oxygens (including phenoxy) is 2. The molecule has 1 aromatic heterocycles. The molecule has 0 bridgehead atoms. The van der Waals surface area contributed by atoms with Gasteiger partial charge in [-0.2, -0.15) is 0 Å². The summed E-state index contributed by atoms with van der Waals surface area (Å²) in [6.07, 6.45) is 9.66. The lowest BCUT2D eigenvalue weighted by Crippen LogP contribution is -2.33. The van der Waals surface area contributed by atoms with Crippen molar-refractivity contribution in [1.29, 1.82) is 0 Å². The standard InChI is InChI=1S/C26H35N5O2/c1-7-8-23(29-18(2)28-17-32-5)26(3,4)25(20-9-10-20)30-21-13-11-19(12-14-21)22-15-27-16-24(31-22)33-6/h7-8,11-16,18,28,30H,9-10,17H2,1-6H3/b8-7-,29-23+. The average Bonchev–Trinajstić information content (AvgIpc) is 3.66. The predicted octanol–water partition coefficient (Wildman–Crippen LogP) is 5.19. The molecule has 1 heterocycles. The second-order valence-corrected chi connectivity index (χ2v) is 8.58. The number of allylic oxidation sites excluding steroid dienone is 4. The van der Waals surface area contributed by atoms with E-state index >= 15 is 0 Å². The van der Waals surface area contributed by atoms with Gasteiger partial charge in [-0.05, 0) is 64.3 Å². The number of anilines is 1. The Balaban J connectivity index is 1.84. The van der Waals surface area contributed by atoms with Crippen LogP contribution in [-0.2, 0) is 4.74 Å². The fourth-order valence-electron chi connectivity index (χ4n) is 3.61. The smallest absolute Gasteiger partial charge is 0.232 e. The molecule has 7 nitrogen and oxygen atoms in total. The molecule has 1 aromatic carbocycles. The Labute approximate surface area is 197 Å². The molecular weight excluding hydrogens is 414 g/mol. The van der Waals surface area contributed by atoms with Crippen molar-refractivity contribution in [2.75, 3.05) is 26.3 Å². The van der Waals surface area contributed by atoms with E-state index in [9.17, 15) is 0 Å². The number of rotatable bonds is 11. The maximum Gasteiger partial charge on any atom is 0.232 e. The summed E-state index contributed by atoms with van der Waals surface area (Å²) < 4.78 is 10.3. The van der Waals surface area contributed by atoms with Crippen molar-refractivity contribution in [3.63, 3.8) is 0 Å². The van der Waals surface area contributed by atoms with Crippen LogP contribution in [0, 0.1) is 5.41 Å². The number of hydrogen-bond donors (Lipinski definition) is 2. The van der Waals surface area contributed by atoms with Crippen molar-refractivity contribution in [1.82, 2.24) is 15.3 Å². The van der Waals surface area contributed by atoms with Crippen molar-refractivity contribution in [2.24, 2.45) is 10.4 Å². The third-order valence-corrected chi connectivity index (χ3v) is 5.57. The van der Waals surface area contributed by atoms with E-state index in [0.29, 0.717) is 12.6 Å². The summed E-state index contributed by atoms with van der Waals surface area (Å²) in [5, 5.41) is 6.95. The minimum Gasteiger partial charge on any atom is -0.480 e. The fraction of sp³-hybridized carbons (Fsp3) is 0.423. The zero-order valence-corrected chi connectivity index (χ0v) is 20.5. The van der Waals surface area contributed by atoms with Gasteiger partial charge in [0.25, 0.3) is 0 Å². The zero-order chi connectivity index (χ0) is 23.8. The first-order valence-corrected chi connectivity index (χ1v) is 11.3. The molecule has 1 atom stereocenters. The Bertz CT molecular complexity index is 1020. The summed E-state index contributed by atoms with van der Waals surface area (Å²) >= 11 is 0. The summed E-state index contributed by atoms with van der Waals surface area (Å²) in [6.45, 7) is 8.97. The van der Waals surface area contributed by atoms with Crippen LogP contribution in [0.5, 0.6) is 5.88 Å². The van der Waals surface area contributed by atoms with Crippen molar-refractivity contribution in [2.45, 2.75) is 46.7 Å². The maximum absolute atomic E-state index is 5.19. The molecule has 176 valence electrons. The Morgan fingerprint density at radius 2 is 1.91 bits per heavy atom. The number of hydrogen-bond acceptors (Lipinski definition) is 7. The number of nitrogens with one attached hydrogen (secondary N) is 2. The van der Waals surface area contributed by atoms with Gasteiger partial charge in [-0.25, -0.2) is 4.98 Å². The van der Waals surface area contributed by atoms with Gasteiger partial charge < -0.3 is 14.8 Å². The minimum absolute atomic E-state index is 0.0517. The summed E-state index contributed by atoms with van der Waals surface area (Å²) in [6, 6.07) is 8.24. The van der Waals surface area contributed by atoms with E-state index in [1.54, 1.807) is 26.6 Å². The first-order chi connectivity index (χ1) is 15.9. The third kappa shape index (κ3) is 6.49. The van der Waals surface area contributed by atoms with Crippen LogP contribution in [0.2, 0.25) is 0 Å². The first-order valence-electron chi connectivity index (χ1n) is 11.3. The van der Waals surface area contributed by atoms with Crippen molar-refractivity contribution >= 4 is 11.4 Å². The lowest BCUT2D eigenvalue weighted by atomic mass is 9.82. The van der Waals surface area contributed by atoms with Crippen LogP contribution in [0.15, 0.2) is 65.1 Å². The topological polar surface area (TPSA) is 80.7 Å². The molecule has 7 heteroatoms. The molecule has 1 fully saturated rings. The van der Waals surface area contributed by atoms with Gasteiger partial charge in [0, 0.05) is 35.2 Å². The molecule has 3 rings (SSSR count). The molecule has 33 heavy (non-hydrogen) atoms. The number of nitrogens with zero attached hydrogens (tertiary/aromatic N) is 3. The molecule has 2 aromatic rings. The van der Waals surface area contributed by atoms with Gasteiger partial charge in [-0.15, -0.1) is 0 Å². The summed E-state index contributed by atoms with van der Waals surface area (Å²) in [5.41, 5.74) is 6.19. The van der Waals surface area contributed by atoms with Crippen LogP contribution in [0.1, 0.15) is 40.5 Å². The molecule has 0 radical (unpaired) electrons. The van der Waals surface area contributed by atoms with E-state index < -0.39 is 0 Å². The molecule has 1 aliphatic rings. The van der Waals surface area contributed by atoms with Crippen LogP contribution in [0.3, 0.4) is 0 Å². The van der Waals surface area contributed by atoms with Gasteiger partial charge in [-0.3, -0.25) is 15.3 Å². The second kappa shape index (κ2) is 11.2. The SMILES string of the molecule is C/C=C\C(=N/C(C)NCOC)C(C)(C)C(Nc1ccc(-c2cncc(OC)n2)cc1)=C1CC1. The van der Waals surface area contributed by atoms with Crippen LogP contribution in [0.4, 0.5) is 5.69 Å². The van der Waals surface area contributed by atoms with Gasteiger partial charge >= 0.3 is 0 Å². The largest absolute Gasteiger partial charge is 0.480 e. The van der Waals surface area contributed by atoms with E-state index in [2.05, 4.69) is 52.7 Å². The Morgan fingerprint density at radius 3 is 2.52 bits per heavy atom. The van der Waals surface area contributed by atoms with Gasteiger partial charge in [0.15, 0.2) is 0 Å². The molecule has 0 amide bonds. The number of benzene rings is 1. The molecule has 0 spiro atoms. The van der Waals surface area contributed by atoms with E-state index in [1.807, 2.05) is 32.1 Å². The lowest BCUT2D eigenvalue weighted by Gasteiger charge is -2.31. The van der Waals surface area contributed by atoms with Crippen LogP contribution in [0.25, 0.3) is 11.3 Å². The Hall–Kier alpha value is -3.03. The summed E-state index contributed by atoms with van der Waals surface area (Å²) in [4.78, 5) is 13.6. The lowest BCUT2D eigenvalue weighted by molar-refractivity contribution is 0.166. The van der Waals surface area contributed by atoms with Gasteiger partial charge in [-0.1, -0.05) is 18.2 Å². The molecule has 1 unspecified atom stereocenters. The molecular formula is C26H35N5O2. The Kier molecular flexibility index (Phi) is 8.36. The number of methoxy groups -OCH3 is 2. The normalized spacial score (nSPS) is 15.0. The second-order valence-electron chi connectivity index (χ2n) is 8.58. The van der Waals surface area contributed by atoms with E-state index in [4.69, 9.17) is 14.5 Å². The van der Waals surface area contributed by atoms with E-state index in [1.165, 1.54) is 11.3 Å². The molecule has 0 saturated heterocycles. The third-order valence-electron chi connectivity index (χ3n) is 5.57. The highest BCUT2D eigenvalue weighted by atomic mass is 16.5. The average molecular weight is 450 g/mol. The van der Waals surface area contributed by atoms with E-state index in [-0.39, 0.29) is 11.6 Å². The summed E-state index contributed by atoms with van der Waals surface area (Å²) in [7, 11) is 3.26. The van der Waals surface area contributed by atoms with Crippen LogP contribution >= 0.6 is 0 Å². The number of aromatic nitrogens is 2. The van der Waals surface area contributed by atoms with Crippen LogP contribution in [-0.4, -0.2) is 42.8 Å². The first kappa shape index (κ1) is 24.6. The summed E-state index contributed by atoms with van der Waals surface area (Å²) in [5.74, 6) is 0.502. The van der Waals surface area contributed by atoms with E-state index in [0.717, 1.165) is 35.5 Å². The highest BCUT2D eigenvalue weighted by molar-refractivity contribution is 6.02. The van der Waals surface area contributed by atoms with Crippen molar-refractivity contribution in [3.8, 4) is 17.1 Å². The quantitative estimate of drug-likeness (QED) is 0.363. The Morgan fingerprint density at radius 1 is 1.18 bits per heavy atom. The minimum atomic E-state index is -0.279.